The number of carboxylic acids is 1. The van der Waals surface area contributed by atoms with E-state index in [0.717, 1.165) is 45.2 Å². The second-order valence-electron chi connectivity index (χ2n) is 7.69. The lowest BCUT2D eigenvalue weighted by Gasteiger charge is -2.41. The van der Waals surface area contributed by atoms with Crippen LogP contribution in [0.25, 0.3) is 0 Å². The van der Waals surface area contributed by atoms with Crippen molar-refractivity contribution in [3.63, 3.8) is 0 Å². The third-order valence-corrected chi connectivity index (χ3v) is 6.94. The second-order valence-corrected chi connectivity index (χ2v) is 8.60. The van der Waals surface area contributed by atoms with Gasteiger partial charge in [-0.1, -0.05) is 12.2 Å². The number of likely N-dealkylation sites (tertiary alicyclic amines) is 1. The maximum Gasteiger partial charge on any atom is 0.307 e. The van der Waals surface area contributed by atoms with Crippen molar-refractivity contribution in [2.75, 3.05) is 18.4 Å². The number of nitrogens with one attached hydrogen (secondary N) is 1. The van der Waals surface area contributed by atoms with E-state index >= 15 is 0 Å². The molecule has 4 atom stereocenters. The zero-order valence-corrected chi connectivity index (χ0v) is 15.9. The highest BCUT2D eigenvalue weighted by Gasteiger charge is 2.48. The van der Waals surface area contributed by atoms with Gasteiger partial charge in [0.25, 0.3) is 5.91 Å². The maximum atomic E-state index is 13.0. The van der Waals surface area contributed by atoms with Crippen LogP contribution in [0, 0.1) is 23.7 Å². The van der Waals surface area contributed by atoms with Crippen LogP contribution in [0.3, 0.4) is 0 Å². The van der Waals surface area contributed by atoms with E-state index in [9.17, 15) is 19.5 Å². The number of amides is 2. The highest BCUT2D eigenvalue weighted by atomic mass is 32.1. The number of allylic oxidation sites excluding steroid dienone is 2. The number of thiophene rings is 1. The Bertz CT molecular complexity index is 781. The van der Waals surface area contributed by atoms with Crippen LogP contribution in [0.5, 0.6) is 0 Å². The number of hydrogen-bond donors (Lipinski definition) is 2. The zero-order chi connectivity index (χ0) is 19.0. The summed E-state index contributed by atoms with van der Waals surface area (Å²) in [4.78, 5) is 39.4. The van der Waals surface area contributed by atoms with Gasteiger partial charge in [-0.2, -0.15) is 0 Å². The summed E-state index contributed by atoms with van der Waals surface area (Å²) in [6, 6.07) is 1.75. The molecule has 1 saturated carbocycles. The Morgan fingerprint density at radius 3 is 2.33 bits per heavy atom. The summed E-state index contributed by atoms with van der Waals surface area (Å²) in [5, 5.41) is 14.9. The van der Waals surface area contributed by atoms with Crippen LogP contribution in [0.15, 0.2) is 23.6 Å². The van der Waals surface area contributed by atoms with Gasteiger partial charge in [0.2, 0.25) is 5.91 Å². The van der Waals surface area contributed by atoms with Gasteiger partial charge < -0.3 is 15.3 Å². The van der Waals surface area contributed by atoms with E-state index in [-0.39, 0.29) is 23.7 Å². The Balaban J connectivity index is 1.52. The van der Waals surface area contributed by atoms with Gasteiger partial charge in [-0.15, -0.1) is 11.3 Å². The topological polar surface area (TPSA) is 86.7 Å². The van der Waals surface area contributed by atoms with Gasteiger partial charge in [0.05, 0.1) is 17.4 Å². The van der Waals surface area contributed by atoms with Gasteiger partial charge in [-0.05, 0) is 55.4 Å². The van der Waals surface area contributed by atoms with Crippen LogP contribution in [-0.4, -0.2) is 40.9 Å². The minimum absolute atomic E-state index is 0.0442. The largest absolute Gasteiger partial charge is 0.481 e. The first kappa shape index (κ1) is 18.2. The van der Waals surface area contributed by atoms with Crippen molar-refractivity contribution in [1.82, 2.24) is 4.90 Å². The summed E-state index contributed by atoms with van der Waals surface area (Å²) in [6.45, 7) is 1.50. The number of hydrogen-bond acceptors (Lipinski definition) is 4. The van der Waals surface area contributed by atoms with Gasteiger partial charge in [-0.3, -0.25) is 14.4 Å². The molecular weight excluding hydrogens is 364 g/mol. The lowest BCUT2D eigenvalue weighted by atomic mass is 9.62. The van der Waals surface area contributed by atoms with E-state index in [2.05, 4.69) is 5.32 Å². The molecular formula is C20H24N2O4S. The van der Waals surface area contributed by atoms with E-state index in [1.807, 2.05) is 17.1 Å². The first-order chi connectivity index (χ1) is 13.1. The van der Waals surface area contributed by atoms with E-state index in [1.165, 1.54) is 11.3 Å². The summed E-state index contributed by atoms with van der Waals surface area (Å²) in [6.07, 6.45) is 8.77. The molecule has 1 aromatic heterocycles. The molecule has 1 aliphatic heterocycles. The monoisotopic (exact) mass is 388 g/mol. The molecule has 1 aromatic rings. The van der Waals surface area contributed by atoms with Crippen molar-refractivity contribution in [1.29, 1.82) is 0 Å². The first-order valence-electron chi connectivity index (χ1n) is 9.65. The molecule has 0 aromatic carbocycles. The molecule has 27 heavy (non-hydrogen) atoms. The van der Waals surface area contributed by atoms with E-state index in [4.69, 9.17) is 0 Å². The summed E-state index contributed by atoms with van der Waals surface area (Å²) in [5.74, 6) is -2.63. The number of fused-ring (bicyclic) bond motifs is 2. The predicted octanol–water partition coefficient (Wildman–Crippen LogP) is 3.23. The molecule has 3 aliphatic carbocycles. The standard InChI is InChI=1S/C20H24N2O4S/c23-17(15-12-4-6-13(7-5-12)16(15)20(25)26)21-18-14(8-11-27-18)19(24)22-9-2-1-3-10-22/h4,6,8,11-13,15-16H,1-3,5,7,9-10H2,(H,21,23)(H,25,26)/t12-,13-,15-,16-/m0/s1. The van der Waals surface area contributed by atoms with Gasteiger partial charge in [0, 0.05) is 13.1 Å². The molecule has 2 amide bonds. The predicted molar refractivity (Wildman–Crippen MR) is 103 cm³/mol. The molecule has 0 radical (unpaired) electrons. The quantitative estimate of drug-likeness (QED) is 0.776. The molecule has 4 aliphatic rings. The van der Waals surface area contributed by atoms with Crippen LogP contribution in [0.4, 0.5) is 5.00 Å². The fourth-order valence-electron chi connectivity index (χ4n) is 4.73. The summed E-state index contributed by atoms with van der Waals surface area (Å²) >= 11 is 1.32. The minimum atomic E-state index is -0.912. The van der Waals surface area contributed by atoms with E-state index < -0.39 is 17.8 Å². The molecule has 5 rings (SSSR count). The smallest absolute Gasteiger partial charge is 0.307 e. The second kappa shape index (κ2) is 7.46. The number of rotatable bonds is 4. The molecule has 144 valence electrons. The molecule has 2 fully saturated rings. The molecule has 0 unspecified atom stereocenters. The van der Waals surface area contributed by atoms with Gasteiger partial charge in [0.15, 0.2) is 0 Å². The van der Waals surface area contributed by atoms with Crippen molar-refractivity contribution >= 4 is 34.1 Å². The molecule has 2 heterocycles. The highest BCUT2D eigenvalue weighted by molar-refractivity contribution is 7.14. The third kappa shape index (κ3) is 3.40. The average molecular weight is 388 g/mol. The Morgan fingerprint density at radius 2 is 1.70 bits per heavy atom. The van der Waals surface area contributed by atoms with Gasteiger partial charge in [-0.25, -0.2) is 0 Å². The lowest BCUT2D eigenvalue weighted by Crippen LogP contribution is -2.47. The van der Waals surface area contributed by atoms with Crippen LogP contribution in [0.2, 0.25) is 0 Å². The molecule has 7 heteroatoms. The maximum absolute atomic E-state index is 13.0. The zero-order valence-electron chi connectivity index (χ0n) is 15.1. The number of carbonyl (C=O) groups excluding carboxylic acids is 2. The van der Waals surface area contributed by atoms with Gasteiger partial charge >= 0.3 is 5.97 Å². The molecule has 2 bridgehead atoms. The van der Waals surface area contributed by atoms with Crippen LogP contribution < -0.4 is 5.32 Å². The summed E-state index contributed by atoms with van der Waals surface area (Å²) in [5.41, 5.74) is 0.513. The van der Waals surface area contributed by atoms with E-state index in [1.54, 1.807) is 11.4 Å². The number of carbonyl (C=O) groups is 3. The minimum Gasteiger partial charge on any atom is -0.481 e. The molecule has 2 N–H and O–H groups in total. The first-order valence-corrected chi connectivity index (χ1v) is 10.5. The average Bonchev–Trinajstić information content (AvgIpc) is 3.16. The van der Waals surface area contributed by atoms with Crippen molar-refractivity contribution < 1.29 is 19.5 Å². The van der Waals surface area contributed by atoms with Crippen molar-refractivity contribution in [2.45, 2.75) is 32.1 Å². The fraction of sp³-hybridized carbons (Fsp3) is 0.550. The highest BCUT2D eigenvalue weighted by Crippen LogP contribution is 2.45. The summed E-state index contributed by atoms with van der Waals surface area (Å²) < 4.78 is 0. The molecule has 6 nitrogen and oxygen atoms in total. The number of aliphatic carboxylic acids is 1. The lowest BCUT2D eigenvalue weighted by molar-refractivity contribution is -0.151. The number of carboxylic acid groups (broad SMARTS) is 1. The Hall–Kier alpha value is -2.15. The number of anilines is 1. The van der Waals surface area contributed by atoms with Crippen molar-refractivity contribution in [3.05, 3.63) is 29.2 Å². The fourth-order valence-corrected chi connectivity index (χ4v) is 5.51. The summed E-state index contributed by atoms with van der Waals surface area (Å²) in [7, 11) is 0. The van der Waals surface area contributed by atoms with Crippen LogP contribution in [-0.2, 0) is 9.59 Å². The number of nitrogens with zero attached hydrogens (tertiary/aromatic N) is 1. The van der Waals surface area contributed by atoms with Gasteiger partial charge in [0.1, 0.15) is 5.00 Å². The van der Waals surface area contributed by atoms with E-state index in [0.29, 0.717) is 10.6 Å². The Kier molecular flexibility index (Phi) is 5.04. The Morgan fingerprint density at radius 1 is 1.04 bits per heavy atom. The third-order valence-electron chi connectivity index (χ3n) is 6.11. The van der Waals surface area contributed by atoms with Crippen LogP contribution >= 0.6 is 11.3 Å². The van der Waals surface area contributed by atoms with Crippen molar-refractivity contribution in [2.24, 2.45) is 23.7 Å². The molecule has 0 spiro atoms. The Labute approximate surface area is 162 Å². The SMILES string of the molecule is O=C(O)[C@@H]1[C@@H](C(=O)Nc2sccc2C(=O)N2CCCCC2)[C@H]2C=C[C@H]1CC2. The van der Waals surface area contributed by atoms with Crippen molar-refractivity contribution in [3.8, 4) is 0 Å². The number of piperidine rings is 1. The van der Waals surface area contributed by atoms with Crippen LogP contribution in [0.1, 0.15) is 42.5 Å². The normalized spacial score (nSPS) is 29.6. The molecule has 1 saturated heterocycles.